The van der Waals surface area contributed by atoms with Crippen molar-refractivity contribution >= 4 is 5.69 Å². The summed E-state index contributed by atoms with van der Waals surface area (Å²) in [5.41, 5.74) is 2.55. The zero-order valence-electron chi connectivity index (χ0n) is 11.5. The van der Waals surface area contributed by atoms with Gasteiger partial charge in [-0.2, -0.15) is 0 Å². The van der Waals surface area contributed by atoms with E-state index < -0.39 is 0 Å². The first-order valence-electron chi connectivity index (χ1n) is 6.69. The Balaban J connectivity index is 2.15. The van der Waals surface area contributed by atoms with E-state index in [1.54, 1.807) is 0 Å². The highest BCUT2D eigenvalue weighted by molar-refractivity contribution is 5.53. The highest BCUT2D eigenvalue weighted by Gasteiger charge is 2.21. The smallest absolute Gasteiger partial charge is 0.0668 e. The van der Waals surface area contributed by atoms with Crippen LogP contribution in [0.4, 0.5) is 5.69 Å². The number of hydrogen-bond acceptors (Lipinski definition) is 4. The molecule has 2 heterocycles. The summed E-state index contributed by atoms with van der Waals surface area (Å²) in [6.07, 6.45) is 3.84. The molecular formula is C14H23N3O. The van der Waals surface area contributed by atoms with E-state index in [0.29, 0.717) is 12.1 Å². The number of morpholine rings is 1. The lowest BCUT2D eigenvalue weighted by molar-refractivity contribution is 0.0988. The van der Waals surface area contributed by atoms with Gasteiger partial charge in [0.25, 0.3) is 0 Å². The lowest BCUT2D eigenvalue weighted by Crippen LogP contribution is -2.44. The van der Waals surface area contributed by atoms with Crippen molar-refractivity contribution in [1.29, 1.82) is 0 Å². The molecule has 0 amide bonds. The van der Waals surface area contributed by atoms with Gasteiger partial charge in [0.05, 0.1) is 13.2 Å². The quantitative estimate of drug-likeness (QED) is 0.883. The standard InChI is InChI=1S/C14H23N3O/c1-11(2)16-9-13-8-15-5-4-14(13)17-6-7-18-10-12(17)3/h4-5,8,11-12,16H,6-7,9-10H2,1-3H3. The predicted molar refractivity (Wildman–Crippen MR) is 73.8 cm³/mol. The molecule has 0 aromatic carbocycles. The lowest BCUT2D eigenvalue weighted by Gasteiger charge is -2.36. The van der Waals surface area contributed by atoms with Gasteiger partial charge in [0, 0.05) is 48.8 Å². The van der Waals surface area contributed by atoms with Crippen LogP contribution in [0.15, 0.2) is 18.5 Å². The van der Waals surface area contributed by atoms with Crippen LogP contribution in [0, 0.1) is 0 Å². The van der Waals surface area contributed by atoms with Crippen LogP contribution in [0.5, 0.6) is 0 Å². The van der Waals surface area contributed by atoms with Gasteiger partial charge in [-0.1, -0.05) is 13.8 Å². The molecule has 4 heteroatoms. The summed E-state index contributed by atoms with van der Waals surface area (Å²) >= 11 is 0. The molecule has 1 unspecified atom stereocenters. The molecule has 1 aromatic rings. The van der Waals surface area contributed by atoms with Gasteiger partial charge in [0.1, 0.15) is 0 Å². The molecule has 1 atom stereocenters. The Morgan fingerprint density at radius 2 is 2.39 bits per heavy atom. The highest BCUT2D eigenvalue weighted by Crippen LogP contribution is 2.23. The molecule has 2 rings (SSSR count). The number of pyridine rings is 1. The predicted octanol–water partition coefficient (Wildman–Crippen LogP) is 1.80. The van der Waals surface area contributed by atoms with E-state index in [0.717, 1.165) is 26.3 Å². The fourth-order valence-electron chi connectivity index (χ4n) is 2.24. The van der Waals surface area contributed by atoms with Crippen molar-refractivity contribution in [3.63, 3.8) is 0 Å². The Kier molecular flexibility index (Phi) is 4.55. The monoisotopic (exact) mass is 249 g/mol. The number of nitrogens with one attached hydrogen (secondary N) is 1. The fraction of sp³-hybridized carbons (Fsp3) is 0.643. The Bertz CT molecular complexity index is 381. The molecular weight excluding hydrogens is 226 g/mol. The van der Waals surface area contributed by atoms with Crippen molar-refractivity contribution in [2.45, 2.75) is 39.4 Å². The minimum Gasteiger partial charge on any atom is -0.377 e. The Morgan fingerprint density at radius 1 is 1.56 bits per heavy atom. The van der Waals surface area contributed by atoms with Gasteiger partial charge in [-0.25, -0.2) is 0 Å². The summed E-state index contributed by atoms with van der Waals surface area (Å²) < 4.78 is 5.50. The number of aromatic nitrogens is 1. The zero-order chi connectivity index (χ0) is 13.0. The molecule has 0 saturated carbocycles. The number of ether oxygens (including phenoxy) is 1. The van der Waals surface area contributed by atoms with Crippen LogP contribution in [-0.2, 0) is 11.3 Å². The second-order valence-electron chi connectivity index (χ2n) is 5.16. The summed E-state index contributed by atoms with van der Waals surface area (Å²) in [7, 11) is 0. The third-order valence-corrected chi connectivity index (χ3v) is 3.26. The van der Waals surface area contributed by atoms with Crippen LogP contribution >= 0.6 is 0 Å². The minimum atomic E-state index is 0.430. The first kappa shape index (κ1) is 13.3. The second kappa shape index (κ2) is 6.16. The lowest BCUT2D eigenvalue weighted by atomic mass is 10.1. The van der Waals surface area contributed by atoms with Crippen molar-refractivity contribution in [3.8, 4) is 0 Å². The average Bonchev–Trinajstić information content (AvgIpc) is 2.37. The molecule has 1 aromatic heterocycles. The first-order chi connectivity index (χ1) is 8.68. The minimum absolute atomic E-state index is 0.430. The summed E-state index contributed by atoms with van der Waals surface area (Å²) in [6, 6.07) is 3.03. The molecule has 0 radical (unpaired) electrons. The fourth-order valence-corrected chi connectivity index (χ4v) is 2.24. The molecule has 0 bridgehead atoms. The third kappa shape index (κ3) is 3.21. The van der Waals surface area contributed by atoms with Crippen molar-refractivity contribution in [3.05, 3.63) is 24.0 Å². The average molecular weight is 249 g/mol. The number of hydrogen-bond donors (Lipinski definition) is 1. The molecule has 18 heavy (non-hydrogen) atoms. The van der Waals surface area contributed by atoms with Crippen LogP contribution < -0.4 is 10.2 Å². The van der Waals surface area contributed by atoms with E-state index in [-0.39, 0.29) is 0 Å². The molecule has 4 nitrogen and oxygen atoms in total. The first-order valence-corrected chi connectivity index (χ1v) is 6.69. The van der Waals surface area contributed by atoms with Gasteiger partial charge >= 0.3 is 0 Å². The van der Waals surface area contributed by atoms with E-state index >= 15 is 0 Å². The van der Waals surface area contributed by atoms with E-state index in [1.165, 1.54) is 11.3 Å². The summed E-state index contributed by atoms with van der Waals surface area (Å²) in [5.74, 6) is 0. The summed E-state index contributed by atoms with van der Waals surface area (Å²) in [4.78, 5) is 6.66. The Hall–Kier alpha value is -1.13. The molecule has 1 fully saturated rings. The van der Waals surface area contributed by atoms with E-state index in [4.69, 9.17) is 4.74 Å². The molecule has 100 valence electrons. The van der Waals surface area contributed by atoms with Gasteiger partial charge in [0.15, 0.2) is 0 Å². The number of anilines is 1. The van der Waals surface area contributed by atoms with Gasteiger partial charge in [0.2, 0.25) is 0 Å². The van der Waals surface area contributed by atoms with Gasteiger partial charge in [-0.05, 0) is 13.0 Å². The Labute approximate surface area is 109 Å². The molecule has 1 aliphatic heterocycles. The van der Waals surface area contributed by atoms with Crippen molar-refractivity contribution < 1.29 is 4.74 Å². The Morgan fingerprint density at radius 3 is 3.11 bits per heavy atom. The topological polar surface area (TPSA) is 37.4 Å². The summed E-state index contributed by atoms with van der Waals surface area (Å²) in [6.45, 7) is 9.97. The van der Waals surface area contributed by atoms with Crippen LogP contribution in [0.2, 0.25) is 0 Å². The van der Waals surface area contributed by atoms with Crippen LogP contribution in [0.25, 0.3) is 0 Å². The third-order valence-electron chi connectivity index (χ3n) is 3.26. The molecule has 1 aliphatic rings. The van der Waals surface area contributed by atoms with Crippen LogP contribution in [0.1, 0.15) is 26.3 Å². The zero-order valence-corrected chi connectivity index (χ0v) is 11.5. The van der Waals surface area contributed by atoms with Crippen molar-refractivity contribution in [2.24, 2.45) is 0 Å². The SMILES string of the molecule is CC(C)NCc1cnccc1N1CCOCC1C. The van der Waals surface area contributed by atoms with E-state index in [2.05, 4.69) is 42.0 Å². The van der Waals surface area contributed by atoms with Crippen molar-refractivity contribution in [1.82, 2.24) is 10.3 Å². The van der Waals surface area contributed by atoms with Crippen LogP contribution in [-0.4, -0.2) is 36.8 Å². The van der Waals surface area contributed by atoms with Gasteiger partial charge in [-0.15, -0.1) is 0 Å². The van der Waals surface area contributed by atoms with Crippen molar-refractivity contribution in [2.75, 3.05) is 24.7 Å². The largest absolute Gasteiger partial charge is 0.377 e. The second-order valence-corrected chi connectivity index (χ2v) is 5.16. The molecule has 0 aliphatic carbocycles. The van der Waals surface area contributed by atoms with Gasteiger partial charge in [-0.3, -0.25) is 4.98 Å². The van der Waals surface area contributed by atoms with Gasteiger partial charge < -0.3 is 15.0 Å². The maximum Gasteiger partial charge on any atom is 0.0668 e. The van der Waals surface area contributed by atoms with E-state index in [1.807, 2.05) is 12.4 Å². The number of nitrogens with zero attached hydrogens (tertiary/aromatic N) is 2. The normalized spacial score (nSPS) is 20.4. The van der Waals surface area contributed by atoms with Crippen LogP contribution in [0.3, 0.4) is 0 Å². The maximum atomic E-state index is 5.50. The number of rotatable bonds is 4. The molecule has 1 N–H and O–H groups in total. The molecule has 0 spiro atoms. The maximum absolute atomic E-state index is 5.50. The summed E-state index contributed by atoms with van der Waals surface area (Å²) in [5, 5.41) is 3.46. The van der Waals surface area contributed by atoms with E-state index in [9.17, 15) is 0 Å². The highest BCUT2D eigenvalue weighted by atomic mass is 16.5. The molecule has 1 saturated heterocycles.